The minimum atomic E-state index is 0.162. The molecule has 0 saturated heterocycles. The summed E-state index contributed by atoms with van der Waals surface area (Å²) in [6, 6.07) is 16.5. The maximum Gasteiger partial charge on any atom is 0.143 e. The van der Waals surface area contributed by atoms with Crippen molar-refractivity contribution in [3.05, 3.63) is 54.1 Å². The van der Waals surface area contributed by atoms with E-state index < -0.39 is 0 Å². The Hall–Kier alpha value is -2.16. The van der Waals surface area contributed by atoms with Crippen molar-refractivity contribution >= 4 is 11.4 Å². The average molecular weight is 268 g/mol. The van der Waals surface area contributed by atoms with Crippen molar-refractivity contribution in [3.8, 4) is 5.75 Å². The summed E-state index contributed by atoms with van der Waals surface area (Å²) >= 11 is 0. The van der Waals surface area contributed by atoms with Crippen LogP contribution in [-0.2, 0) is 0 Å². The number of hydrogen-bond acceptors (Lipinski definition) is 3. The van der Waals surface area contributed by atoms with Crippen LogP contribution in [0.4, 0.5) is 11.4 Å². The first-order chi connectivity index (χ1) is 9.74. The molecular weight excluding hydrogens is 248 g/mol. The molecule has 2 aromatic carbocycles. The lowest BCUT2D eigenvalue weighted by Crippen LogP contribution is -2.40. The van der Waals surface area contributed by atoms with E-state index in [2.05, 4.69) is 54.5 Å². The Balaban J connectivity index is 1.69. The molecule has 0 radical (unpaired) electrons. The number of nitrogens with zero attached hydrogens (tertiary/aromatic N) is 1. The van der Waals surface area contributed by atoms with E-state index in [0.717, 1.165) is 24.5 Å². The van der Waals surface area contributed by atoms with Crippen molar-refractivity contribution in [3.63, 3.8) is 0 Å². The smallest absolute Gasteiger partial charge is 0.143 e. The minimum Gasteiger partial charge on any atom is -0.485 e. The Kier molecular flexibility index (Phi) is 3.50. The molecule has 3 nitrogen and oxygen atoms in total. The number of hydrogen-bond donors (Lipinski definition) is 1. The van der Waals surface area contributed by atoms with Gasteiger partial charge in [0.15, 0.2) is 0 Å². The highest BCUT2D eigenvalue weighted by atomic mass is 16.5. The van der Waals surface area contributed by atoms with Gasteiger partial charge in [-0.05, 0) is 30.7 Å². The lowest BCUT2D eigenvalue weighted by Gasteiger charge is -2.31. The molecule has 0 aliphatic carbocycles. The van der Waals surface area contributed by atoms with Gasteiger partial charge in [-0.3, -0.25) is 0 Å². The summed E-state index contributed by atoms with van der Waals surface area (Å²) in [7, 11) is 2.12. The third-order valence-corrected chi connectivity index (χ3v) is 3.71. The molecule has 1 heterocycles. The molecule has 1 aliphatic rings. The normalized spacial score (nSPS) is 16.8. The standard InChI is InChI=1S/C17H20N2O/c1-13-7-3-5-9-16(13)19(2)12-14-11-18-15-8-4-6-10-17(15)20-14/h3-10,14,18H,11-12H2,1-2H3. The van der Waals surface area contributed by atoms with Crippen molar-refractivity contribution in [2.45, 2.75) is 13.0 Å². The van der Waals surface area contributed by atoms with Crippen LogP contribution in [0.2, 0.25) is 0 Å². The van der Waals surface area contributed by atoms with E-state index in [1.54, 1.807) is 0 Å². The predicted molar refractivity (Wildman–Crippen MR) is 83.8 cm³/mol. The summed E-state index contributed by atoms with van der Waals surface area (Å²) in [5.41, 5.74) is 3.64. The Bertz CT molecular complexity index is 597. The van der Waals surface area contributed by atoms with Gasteiger partial charge in [-0.2, -0.15) is 0 Å². The van der Waals surface area contributed by atoms with Crippen molar-refractivity contribution in [2.75, 3.05) is 30.4 Å². The minimum absolute atomic E-state index is 0.162. The number of aryl methyl sites for hydroxylation is 1. The fourth-order valence-corrected chi connectivity index (χ4v) is 2.66. The fourth-order valence-electron chi connectivity index (χ4n) is 2.66. The third kappa shape index (κ3) is 2.57. The molecule has 2 aromatic rings. The Morgan fingerprint density at radius 2 is 1.90 bits per heavy atom. The zero-order valence-electron chi connectivity index (χ0n) is 12.0. The van der Waals surface area contributed by atoms with Gasteiger partial charge in [0.1, 0.15) is 11.9 Å². The molecule has 1 atom stereocenters. The second kappa shape index (κ2) is 5.45. The van der Waals surface area contributed by atoms with E-state index in [-0.39, 0.29) is 6.10 Å². The Morgan fingerprint density at radius 3 is 2.75 bits per heavy atom. The van der Waals surface area contributed by atoms with Crippen molar-refractivity contribution in [1.82, 2.24) is 0 Å². The van der Waals surface area contributed by atoms with Crippen molar-refractivity contribution < 1.29 is 4.74 Å². The van der Waals surface area contributed by atoms with Crippen LogP contribution in [0.25, 0.3) is 0 Å². The van der Waals surface area contributed by atoms with E-state index in [9.17, 15) is 0 Å². The molecule has 104 valence electrons. The van der Waals surface area contributed by atoms with Crippen LogP contribution in [0.1, 0.15) is 5.56 Å². The van der Waals surface area contributed by atoms with E-state index in [0.29, 0.717) is 0 Å². The highest BCUT2D eigenvalue weighted by molar-refractivity contribution is 5.58. The van der Waals surface area contributed by atoms with Gasteiger partial charge in [-0.15, -0.1) is 0 Å². The van der Waals surface area contributed by atoms with Gasteiger partial charge in [-0.25, -0.2) is 0 Å². The lowest BCUT2D eigenvalue weighted by atomic mass is 10.1. The number of para-hydroxylation sites is 3. The molecule has 0 amide bonds. The summed E-state index contributed by atoms with van der Waals surface area (Å²) in [5.74, 6) is 0.946. The maximum atomic E-state index is 6.06. The highest BCUT2D eigenvalue weighted by Gasteiger charge is 2.20. The quantitative estimate of drug-likeness (QED) is 0.924. The molecule has 0 aromatic heterocycles. The zero-order valence-corrected chi connectivity index (χ0v) is 12.0. The molecule has 0 fully saturated rings. The van der Waals surface area contributed by atoms with E-state index in [1.165, 1.54) is 11.3 Å². The largest absolute Gasteiger partial charge is 0.485 e. The summed E-state index contributed by atoms with van der Waals surface area (Å²) < 4.78 is 6.06. The number of benzene rings is 2. The number of likely N-dealkylation sites (N-methyl/N-ethyl adjacent to an activating group) is 1. The van der Waals surface area contributed by atoms with Crippen molar-refractivity contribution in [2.24, 2.45) is 0 Å². The zero-order chi connectivity index (χ0) is 13.9. The number of anilines is 2. The monoisotopic (exact) mass is 268 g/mol. The summed E-state index contributed by atoms with van der Waals surface area (Å²) in [6.07, 6.45) is 0.162. The van der Waals surface area contributed by atoms with Crippen LogP contribution in [0.5, 0.6) is 5.75 Å². The molecule has 0 bridgehead atoms. The van der Waals surface area contributed by atoms with Gasteiger partial charge in [0.2, 0.25) is 0 Å². The van der Waals surface area contributed by atoms with Crippen LogP contribution < -0.4 is 15.0 Å². The summed E-state index contributed by atoms with van der Waals surface area (Å²) in [4.78, 5) is 2.26. The van der Waals surface area contributed by atoms with E-state index in [1.807, 2.05) is 18.2 Å². The molecule has 0 spiro atoms. The van der Waals surface area contributed by atoms with Crippen LogP contribution >= 0.6 is 0 Å². The first-order valence-corrected chi connectivity index (χ1v) is 7.00. The molecule has 1 N–H and O–H groups in total. The van der Waals surface area contributed by atoms with Gasteiger partial charge < -0.3 is 15.0 Å². The van der Waals surface area contributed by atoms with Gasteiger partial charge in [0.25, 0.3) is 0 Å². The Labute approximate surface area is 120 Å². The number of fused-ring (bicyclic) bond motifs is 1. The topological polar surface area (TPSA) is 24.5 Å². The molecule has 20 heavy (non-hydrogen) atoms. The molecular formula is C17H20N2O. The second-order valence-electron chi connectivity index (χ2n) is 5.28. The summed E-state index contributed by atoms with van der Waals surface area (Å²) in [6.45, 7) is 3.85. The first kappa shape index (κ1) is 12.9. The predicted octanol–water partition coefficient (Wildman–Crippen LogP) is 3.30. The van der Waals surface area contributed by atoms with Crippen molar-refractivity contribution in [1.29, 1.82) is 0 Å². The molecule has 1 aliphatic heterocycles. The molecule has 3 heteroatoms. The first-order valence-electron chi connectivity index (χ1n) is 7.00. The van der Waals surface area contributed by atoms with Gasteiger partial charge in [0.05, 0.1) is 18.8 Å². The van der Waals surface area contributed by atoms with Gasteiger partial charge in [-0.1, -0.05) is 30.3 Å². The van der Waals surface area contributed by atoms with Crippen LogP contribution in [0, 0.1) is 6.92 Å². The number of ether oxygens (including phenoxy) is 1. The van der Waals surface area contributed by atoms with Gasteiger partial charge in [0, 0.05) is 12.7 Å². The second-order valence-corrected chi connectivity index (χ2v) is 5.28. The Morgan fingerprint density at radius 1 is 1.15 bits per heavy atom. The summed E-state index contributed by atoms with van der Waals surface area (Å²) in [5, 5.41) is 3.43. The maximum absolute atomic E-state index is 6.06. The van der Waals surface area contributed by atoms with E-state index in [4.69, 9.17) is 4.74 Å². The van der Waals surface area contributed by atoms with Gasteiger partial charge >= 0.3 is 0 Å². The van der Waals surface area contributed by atoms with Crippen LogP contribution in [0.15, 0.2) is 48.5 Å². The van der Waals surface area contributed by atoms with E-state index >= 15 is 0 Å². The lowest BCUT2D eigenvalue weighted by molar-refractivity contribution is 0.212. The SMILES string of the molecule is Cc1ccccc1N(C)CC1CNc2ccccc2O1. The van der Waals surface area contributed by atoms with Crippen LogP contribution in [-0.4, -0.2) is 26.2 Å². The fraction of sp³-hybridized carbons (Fsp3) is 0.294. The average Bonchev–Trinajstić information content (AvgIpc) is 2.47. The molecule has 1 unspecified atom stereocenters. The number of nitrogens with one attached hydrogen (secondary N) is 1. The van der Waals surface area contributed by atoms with Crippen LogP contribution in [0.3, 0.4) is 0 Å². The third-order valence-electron chi connectivity index (χ3n) is 3.71. The molecule has 0 saturated carbocycles. The number of rotatable bonds is 3. The molecule has 3 rings (SSSR count). The highest BCUT2D eigenvalue weighted by Crippen LogP contribution is 2.29.